The summed E-state index contributed by atoms with van der Waals surface area (Å²) in [5, 5.41) is 22.6. The Bertz CT molecular complexity index is 825. The van der Waals surface area contributed by atoms with Gasteiger partial charge in [-0.25, -0.2) is 0 Å². The molecule has 8 nitrogen and oxygen atoms in total. The molecule has 2 aromatic carbocycles. The molecule has 0 aromatic heterocycles. The van der Waals surface area contributed by atoms with Gasteiger partial charge in [0.15, 0.2) is 0 Å². The molecule has 0 atom stereocenters. The first-order valence-electron chi connectivity index (χ1n) is 8.90. The fourth-order valence-electron chi connectivity index (χ4n) is 2.17. The average Bonchev–Trinajstić information content (AvgIpc) is 2.71. The Balaban J connectivity index is 1.78. The zero-order chi connectivity index (χ0) is 21.9. The third-order valence-corrected chi connectivity index (χ3v) is 10.9. The molecule has 0 aliphatic carbocycles. The van der Waals surface area contributed by atoms with E-state index < -0.39 is 11.9 Å². The summed E-state index contributed by atoms with van der Waals surface area (Å²) >= 11 is 0.482. The van der Waals surface area contributed by atoms with Crippen LogP contribution < -0.4 is 19.6 Å². The van der Waals surface area contributed by atoms with Gasteiger partial charge in [0, 0.05) is 0 Å². The molecule has 0 heterocycles. The van der Waals surface area contributed by atoms with Crippen molar-refractivity contribution in [2.24, 2.45) is 0 Å². The van der Waals surface area contributed by atoms with E-state index in [0.29, 0.717) is 11.4 Å². The second-order valence-corrected chi connectivity index (χ2v) is 12.4. The van der Waals surface area contributed by atoms with Gasteiger partial charge in [-0.3, -0.25) is 0 Å². The third kappa shape index (κ3) is 9.24. The second-order valence-electron chi connectivity index (χ2n) is 6.10. The Kier molecular flexibility index (Phi) is 9.57. The van der Waals surface area contributed by atoms with Crippen LogP contribution in [0.5, 0.6) is 0 Å². The molecular weight excluding hydrogens is 522 g/mol. The topological polar surface area (TPSA) is 133 Å². The van der Waals surface area contributed by atoms with Crippen molar-refractivity contribution in [1.82, 2.24) is 0 Å². The molecule has 30 heavy (non-hydrogen) atoms. The molecule has 10 heteroatoms. The van der Waals surface area contributed by atoms with Crippen molar-refractivity contribution < 1.29 is 29.4 Å². The van der Waals surface area contributed by atoms with Crippen LogP contribution in [0.2, 0.25) is 0 Å². The van der Waals surface area contributed by atoms with Crippen molar-refractivity contribution in [2.45, 2.75) is 25.7 Å². The van der Waals surface area contributed by atoms with E-state index in [0.717, 1.165) is 0 Å². The minimum absolute atomic E-state index is 0.0554. The van der Waals surface area contributed by atoms with Crippen molar-refractivity contribution in [3.05, 3.63) is 48.5 Å². The van der Waals surface area contributed by atoms with Crippen LogP contribution in [0.15, 0.2) is 48.5 Å². The van der Waals surface area contributed by atoms with E-state index in [4.69, 9.17) is 10.2 Å². The van der Waals surface area contributed by atoms with Crippen molar-refractivity contribution in [2.75, 3.05) is 10.6 Å². The SMILES string of the molecule is O=C(O)CCC(=O)Nc1ccc([Se][Se]c2ccc(NC(=O)CCC(=O)O)cc2)cc1. The summed E-state index contributed by atoms with van der Waals surface area (Å²) in [6.07, 6.45) is -0.499. The number of aliphatic carboxylic acids is 2. The van der Waals surface area contributed by atoms with Crippen LogP contribution in [-0.2, 0) is 19.2 Å². The summed E-state index contributed by atoms with van der Waals surface area (Å²) in [5.74, 6) is -2.65. The molecule has 2 rings (SSSR count). The van der Waals surface area contributed by atoms with Gasteiger partial charge in [0.1, 0.15) is 0 Å². The fourth-order valence-corrected chi connectivity index (χ4v) is 8.13. The molecule has 2 aromatic rings. The first kappa shape index (κ1) is 23.6. The molecule has 0 aliphatic heterocycles. The van der Waals surface area contributed by atoms with Crippen LogP contribution in [-0.4, -0.2) is 60.2 Å². The number of amides is 2. The number of rotatable bonds is 11. The number of hydrogen-bond acceptors (Lipinski definition) is 4. The molecule has 0 saturated heterocycles. The van der Waals surface area contributed by atoms with Gasteiger partial charge in [-0.15, -0.1) is 0 Å². The van der Waals surface area contributed by atoms with Crippen LogP contribution in [0.25, 0.3) is 0 Å². The number of carboxylic acids is 2. The first-order valence-corrected chi connectivity index (χ1v) is 14.9. The van der Waals surface area contributed by atoms with E-state index >= 15 is 0 Å². The zero-order valence-electron chi connectivity index (χ0n) is 15.8. The molecule has 4 N–H and O–H groups in total. The van der Waals surface area contributed by atoms with Crippen molar-refractivity contribution in [3.8, 4) is 0 Å². The number of nitrogens with one attached hydrogen (secondary N) is 2. The Morgan fingerprint density at radius 2 is 0.933 bits per heavy atom. The van der Waals surface area contributed by atoms with Gasteiger partial charge in [0.25, 0.3) is 0 Å². The van der Waals surface area contributed by atoms with E-state index in [1.54, 1.807) is 0 Å². The fraction of sp³-hybridized carbons (Fsp3) is 0.200. The Labute approximate surface area is 184 Å². The van der Waals surface area contributed by atoms with Crippen LogP contribution in [0.4, 0.5) is 11.4 Å². The van der Waals surface area contributed by atoms with Gasteiger partial charge in [-0.2, -0.15) is 0 Å². The van der Waals surface area contributed by atoms with Gasteiger partial charge in [-0.1, -0.05) is 0 Å². The van der Waals surface area contributed by atoms with E-state index in [2.05, 4.69) is 10.6 Å². The third-order valence-electron chi connectivity index (χ3n) is 3.64. The number of carbonyl (C=O) groups excluding carboxylic acids is 2. The Morgan fingerprint density at radius 1 is 0.600 bits per heavy atom. The zero-order valence-corrected chi connectivity index (χ0v) is 19.2. The molecule has 0 spiro atoms. The summed E-state index contributed by atoms with van der Waals surface area (Å²) < 4.78 is 2.36. The maximum absolute atomic E-state index is 11.7. The van der Waals surface area contributed by atoms with Crippen molar-refractivity contribution in [1.29, 1.82) is 0 Å². The number of anilines is 2. The summed E-state index contributed by atoms with van der Waals surface area (Å²) in [6, 6.07) is 15.0. The van der Waals surface area contributed by atoms with Crippen molar-refractivity contribution in [3.63, 3.8) is 0 Å². The summed E-state index contributed by atoms with van der Waals surface area (Å²) in [6.45, 7) is 0. The first-order chi connectivity index (χ1) is 14.3. The van der Waals surface area contributed by atoms with Crippen LogP contribution in [0, 0.1) is 0 Å². The molecule has 0 aliphatic rings. The normalized spacial score (nSPS) is 10.3. The van der Waals surface area contributed by atoms with Crippen LogP contribution >= 0.6 is 0 Å². The van der Waals surface area contributed by atoms with E-state index in [1.807, 2.05) is 48.5 Å². The summed E-state index contributed by atoms with van der Waals surface area (Å²) in [5.41, 5.74) is 1.28. The predicted octanol–water partition coefficient (Wildman–Crippen LogP) is 0.567. The summed E-state index contributed by atoms with van der Waals surface area (Å²) in [4.78, 5) is 44.3. The molecule has 2 amide bonds. The van der Waals surface area contributed by atoms with Crippen LogP contribution in [0.1, 0.15) is 25.7 Å². The summed E-state index contributed by atoms with van der Waals surface area (Å²) in [7, 11) is 0. The molecule has 0 radical (unpaired) electrons. The minimum atomic E-state index is -1.00. The second kappa shape index (κ2) is 12.1. The Morgan fingerprint density at radius 3 is 1.23 bits per heavy atom. The van der Waals surface area contributed by atoms with Gasteiger partial charge in [0.2, 0.25) is 0 Å². The number of benzene rings is 2. The van der Waals surface area contributed by atoms with E-state index in [9.17, 15) is 19.2 Å². The predicted molar refractivity (Wildman–Crippen MR) is 115 cm³/mol. The molecule has 0 unspecified atom stereocenters. The number of carboxylic acid groups (broad SMARTS) is 2. The molecule has 158 valence electrons. The van der Waals surface area contributed by atoms with Crippen molar-refractivity contribution >= 4 is 70.3 Å². The van der Waals surface area contributed by atoms with Gasteiger partial charge in [-0.05, 0) is 0 Å². The molecule has 0 saturated carbocycles. The van der Waals surface area contributed by atoms with E-state index in [1.165, 1.54) is 8.92 Å². The number of carbonyl (C=O) groups is 4. The van der Waals surface area contributed by atoms with Gasteiger partial charge in [0.05, 0.1) is 0 Å². The quantitative estimate of drug-likeness (QED) is 0.307. The average molecular weight is 542 g/mol. The van der Waals surface area contributed by atoms with Crippen LogP contribution in [0.3, 0.4) is 0 Å². The van der Waals surface area contributed by atoms with Gasteiger partial charge < -0.3 is 0 Å². The molecular formula is C20H20N2O6Se2. The monoisotopic (exact) mass is 544 g/mol. The molecule has 0 bridgehead atoms. The number of hydrogen-bond donors (Lipinski definition) is 4. The Hall–Kier alpha value is -2.64. The molecule has 0 fully saturated rings. The maximum atomic E-state index is 11.7. The standard InChI is InChI=1S/C20H20N2O6Se2/c23-17(9-11-19(25)26)21-13-1-5-15(6-2-13)29-30-16-7-3-14(4-8-16)22-18(24)10-12-20(27)28/h1-8H,9-12H2,(H,21,23)(H,22,24)(H,25,26)(H,27,28). The van der Waals surface area contributed by atoms with E-state index in [-0.39, 0.29) is 63.8 Å². The van der Waals surface area contributed by atoms with Gasteiger partial charge >= 0.3 is 185 Å².